The van der Waals surface area contributed by atoms with Gasteiger partial charge in [0.05, 0.1) is 11.6 Å². The number of hydrogen-bond donors (Lipinski definition) is 1. The first kappa shape index (κ1) is 21.2. The molecule has 3 aromatic heterocycles. The number of nitrogens with two attached hydrogens (primary N) is 1. The second-order valence-corrected chi connectivity index (χ2v) is 9.66. The molecule has 0 bridgehead atoms. The molecule has 1 saturated heterocycles. The third-order valence-electron chi connectivity index (χ3n) is 6.18. The Kier molecular flexibility index (Phi) is 5.77. The molecule has 4 heterocycles. The molecule has 9 heteroatoms. The van der Waals surface area contributed by atoms with Crippen LogP contribution in [0.1, 0.15) is 17.4 Å². The van der Waals surface area contributed by atoms with Crippen molar-refractivity contribution in [2.75, 3.05) is 18.8 Å². The SMILES string of the molecule is C[C@H]1C(C=O)N(Cc2ccc3c(N)ncnc3c2)CCN1Cc1cc2ccc(Cl)nc2s1. The monoisotopic (exact) mass is 466 g/mol. The zero-order valence-corrected chi connectivity index (χ0v) is 19.2. The number of piperazine rings is 1. The van der Waals surface area contributed by atoms with Gasteiger partial charge in [-0.2, -0.15) is 0 Å². The molecule has 1 aliphatic rings. The van der Waals surface area contributed by atoms with Gasteiger partial charge in [-0.05, 0) is 42.8 Å². The fraction of sp³-hybridized carbons (Fsp3) is 0.304. The second-order valence-electron chi connectivity index (χ2n) is 8.16. The zero-order chi connectivity index (χ0) is 22.2. The molecule has 7 nitrogen and oxygen atoms in total. The van der Waals surface area contributed by atoms with Gasteiger partial charge in [0, 0.05) is 47.9 Å². The lowest BCUT2D eigenvalue weighted by molar-refractivity contribution is -0.117. The van der Waals surface area contributed by atoms with Crippen LogP contribution in [0.25, 0.3) is 21.1 Å². The van der Waals surface area contributed by atoms with E-state index in [1.165, 1.54) is 11.2 Å². The first-order valence-electron chi connectivity index (χ1n) is 10.5. The average molecular weight is 467 g/mol. The number of fused-ring (bicyclic) bond motifs is 2. The van der Waals surface area contributed by atoms with E-state index in [1.807, 2.05) is 30.3 Å². The van der Waals surface area contributed by atoms with Crippen LogP contribution in [-0.4, -0.2) is 56.2 Å². The molecule has 0 saturated carbocycles. The number of thiophene rings is 1. The number of hydrogen-bond acceptors (Lipinski definition) is 8. The number of anilines is 1. The molecule has 0 spiro atoms. The van der Waals surface area contributed by atoms with Crippen molar-refractivity contribution in [1.29, 1.82) is 0 Å². The van der Waals surface area contributed by atoms with Crippen LogP contribution in [0.5, 0.6) is 0 Å². The lowest BCUT2D eigenvalue weighted by Crippen LogP contribution is -2.58. The van der Waals surface area contributed by atoms with E-state index in [2.05, 4.69) is 37.7 Å². The van der Waals surface area contributed by atoms with Crippen LogP contribution >= 0.6 is 22.9 Å². The number of halogens is 1. The topological polar surface area (TPSA) is 88.2 Å². The van der Waals surface area contributed by atoms with Crippen LogP contribution in [0.15, 0.2) is 42.7 Å². The third-order valence-corrected chi connectivity index (χ3v) is 7.42. The number of aromatic nitrogens is 3. The van der Waals surface area contributed by atoms with Gasteiger partial charge in [0.1, 0.15) is 28.4 Å². The number of nitrogens with zero attached hydrogens (tertiary/aromatic N) is 5. The lowest BCUT2D eigenvalue weighted by Gasteiger charge is -2.44. The van der Waals surface area contributed by atoms with E-state index in [1.54, 1.807) is 11.3 Å². The lowest BCUT2D eigenvalue weighted by atomic mass is 10.0. The quantitative estimate of drug-likeness (QED) is 0.354. The summed E-state index contributed by atoms with van der Waals surface area (Å²) in [5.41, 5.74) is 7.87. The number of carbonyl (C=O) groups excluding carboxylic acids is 1. The average Bonchev–Trinajstić information content (AvgIpc) is 3.17. The van der Waals surface area contributed by atoms with Crippen molar-refractivity contribution >= 4 is 56.2 Å². The van der Waals surface area contributed by atoms with Gasteiger partial charge in [-0.15, -0.1) is 11.3 Å². The Labute approximate surface area is 194 Å². The predicted molar refractivity (Wildman–Crippen MR) is 129 cm³/mol. The standard InChI is InChI=1S/C23H23ClN6OS/c1-14-20(12-31)30(10-15-2-4-18-19(8-15)26-13-27-22(18)25)7-6-29(14)11-17-9-16-3-5-21(24)28-23(16)32-17/h2-5,8-9,12-14,20H,6-7,10-11H2,1H3,(H2,25,26,27)/t14-,20?/m0/s1. The predicted octanol–water partition coefficient (Wildman–Crippen LogP) is 3.75. The van der Waals surface area contributed by atoms with Crippen LogP contribution in [0, 0.1) is 0 Å². The molecule has 4 aromatic rings. The molecular weight excluding hydrogens is 444 g/mol. The van der Waals surface area contributed by atoms with Crippen LogP contribution in [-0.2, 0) is 17.9 Å². The Hall–Kier alpha value is -2.65. The zero-order valence-electron chi connectivity index (χ0n) is 17.6. The van der Waals surface area contributed by atoms with Gasteiger partial charge in [-0.3, -0.25) is 9.80 Å². The fourth-order valence-corrected chi connectivity index (χ4v) is 5.67. The Morgan fingerprint density at radius 1 is 1.16 bits per heavy atom. The van der Waals surface area contributed by atoms with Crippen molar-refractivity contribution in [3.05, 3.63) is 58.3 Å². The largest absolute Gasteiger partial charge is 0.383 e. The van der Waals surface area contributed by atoms with Crippen molar-refractivity contribution in [1.82, 2.24) is 24.8 Å². The minimum Gasteiger partial charge on any atom is -0.383 e. The molecule has 0 aliphatic carbocycles. The minimum atomic E-state index is -0.183. The van der Waals surface area contributed by atoms with E-state index in [0.29, 0.717) is 17.5 Å². The summed E-state index contributed by atoms with van der Waals surface area (Å²) in [7, 11) is 0. The summed E-state index contributed by atoms with van der Waals surface area (Å²) in [4.78, 5) is 31.7. The second kappa shape index (κ2) is 8.71. The molecule has 0 radical (unpaired) electrons. The normalized spacial score (nSPS) is 20.2. The smallest absolute Gasteiger partial charge is 0.138 e. The molecule has 1 unspecified atom stereocenters. The molecule has 2 N–H and O–H groups in total. The Bertz CT molecular complexity index is 1290. The summed E-state index contributed by atoms with van der Waals surface area (Å²) >= 11 is 7.69. The van der Waals surface area contributed by atoms with Crippen LogP contribution < -0.4 is 5.73 Å². The minimum absolute atomic E-state index is 0.0986. The van der Waals surface area contributed by atoms with E-state index in [4.69, 9.17) is 17.3 Å². The summed E-state index contributed by atoms with van der Waals surface area (Å²) in [6.07, 6.45) is 2.55. The van der Waals surface area contributed by atoms with Crippen LogP contribution in [0.4, 0.5) is 5.82 Å². The van der Waals surface area contributed by atoms with Gasteiger partial charge in [-0.25, -0.2) is 15.0 Å². The number of rotatable bonds is 5. The van der Waals surface area contributed by atoms with E-state index in [0.717, 1.165) is 52.6 Å². The maximum Gasteiger partial charge on any atom is 0.138 e. The molecule has 1 aliphatic heterocycles. The van der Waals surface area contributed by atoms with Gasteiger partial charge in [-0.1, -0.05) is 17.7 Å². The summed E-state index contributed by atoms with van der Waals surface area (Å²) in [6, 6.07) is 11.9. The van der Waals surface area contributed by atoms with Gasteiger partial charge in [0.25, 0.3) is 0 Å². The van der Waals surface area contributed by atoms with Crippen molar-refractivity contribution in [3.8, 4) is 0 Å². The number of pyridine rings is 1. The van der Waals surface area contributed by atoms with Crippen LogP contribution in [0.2, 0.25) is 5.15 Å². The van der Waals surface area contributed by atoms with Crippen molar-refractivity contribution in [3.63, 3.8) is 0 Å². The maximum atomic E-state index is 12.1. The molecular formula is C23H23ClN6OS. The molecule has 1 aromatic carbocycles. The summed E-state index contributed by atoms with van der Waals surface area (Å²) in [5.74, 6) is 0.480. The van der Waals surface area contributed by atoms with Crippen LogP contribution in [0.3, 0.4) is 0 Å². The Balaban J connectivity index is 1.31. The summed E-state index contributed by atoms with van der Waals surface area (Å²) < 4.78 is 0. The van der Waals surface area contributed by atoms with Gasteiger partial charge >= 0.3 is 0 Å². The molecule has 32 heavy (non-hydrogen) atoms. The van der Waals surface area contributed by atoms with Crippen molar-refractivity contribution in [2.45, 2.75) is 32.1 Å². The molecule has 2 atom stereocenters. The molecule has 164 valence electrons. The summed E-state index contributed by atoms with van der Waals surface area (Å²) in [5, 5.41) is 2.46. The maximum absolute atomic E-state index is 12.1. The highest BCUT2D eigenvalue weighted by Crippen LogP contribution is 2.29. The Morgan fingerprint density at radius 2 is 2.00 bits per heavy atom. The number of aldehydes is 1. The van der Waals surface area contributed by atoms with Gasteiger partial charge in [0.2, 0.25) is 0 Å². The molecule has 0 amide bonds. The Morgan fingerprint density at radius 3 is 2.84 bits per heavy atom. The van der Waals surface area contributed by atoms with E-state index < -0.39 is 0 Å². The van der Waals surface area contributed by atoms with Gasteiger partial charge in [0.15, 0.2) is 0 Å². The van der Waals surface area contributed by atoms with E-state index >= 15 is 0 Å². The molecule has 5 rings (SSSR count). The number of benzene rings is 1. The van der Waals surface area contributed by atoms with E-state index in [-0.39, 0.29) is 12.1 Å². The first-order chi connectivity index (χ1) is 15.5. The fourth-order valence-electron chi connectivity index (χ4n) is 4.42. The highest BCUT2D eigenvalue weighted by atomic mass is 35.5. The third kappa shape index (κ3) is 4.06. The highest BCUT2D eigenvalue weighted by Gasteiger charge is 2.33. The first-order valence-corrected chi connectivity index (χ1v) is 11.7. The summed E-state index contributed by atoms with van der Waals surface area (Å²) in [6.45, 7) is 5.31. The highest BCUT2D eigenvalue weighted by molar-refractivity contribution is 7.18. The van der Waals surface area contributed by atoms with Gasteiger partial charge < -0.3 is 10.5 Å². The molecule has 1 fully saturated rings. The van der Waals surface area contributed by atoms with E-state index in [9.17, 15) is 4.79 Å². The number of carbonyl (C=O) groups is 1. The number of nitrogen functional groups attached to an aromatic ring is 1. The van der Waals surface area contributed by atoms with Crippen molar-refractivity contribution in [2.24, 2.45) is 0 Å². The van der Waals surface area contributed by atoms with Crippen molar-refractivity contribution < 1.29 is 4.79 Å².